The third-order valence-corrected chi connectivity index (χ3v) is 2.76. The fraction of sp³-hybridized carbons (Fsp3) is 1.00. The number of halogens is 2. The Morgan fingerprint density at radius 2 is 2.15 bits per heavy atom. The zero-order valence-corrected chi connectivity index (χ0v) is 8.13. The molecule has 0 bridgehead atoms. The zero-order valence-electron chi connectivity index (χ0n) is 8.13. The Bertz CT molecular complexity index is 173. The van der Waals surface area contributed by atoms with E-state index < -0.39 is 18.4 Å². The maximum absolute atomic E-state index is 13.0. The minimum Gasteiger partial charge on any atom is -0.390 e. The summed E-state index contributed by atoms with van der Waals surface area (Å²) < 4.78 is 26.0. The summed E-state index contributed by atoms with van der Waals surface area (Å²) in [4.78, 5) is 2.02. The first-order valence-electron chi connectivity index (χ1n) is 4.70. The van der Waals surface area contributed by atoms with E-state index in [0.29, 0.717) is 19.0 Å². The molecule has 1 N–H and O–H groups in total. The fourth-order valence-corrected chi connectivity index (χ4v) is 1.73. The predicted molar refractivity (Wildman–Crippen MR) is 46.8 cm³/mol. The van der Waals surface area contributed by atoms with Crippen molar-refractivity contribution in [3.63, 3.8) is 0 Å². The first kappa shape index (κ1) is 10.9. The second kappa shape index (κ2) is 3.88. The number of hydrogen-bond donors (Lipinski definition) is 1. The molecule has 0 radical (unpaired) electrons. The van der Waals surface area contributed by atoms with Gasteiger partial charge in [0.1, 0.15) is 6.61 Å². The molecular formula is C9H17F2NO. The first-order valence-corrected chi connectivity index (χ1v) is 4.70. The van der Waals surface area contributed by atoms with Gasteiger partial charge in [-0.1, -0.05) is 0 Å². The largest absolute Gasteiger partial charge is 0.390 e. The molecule has 1 unspecified atom stereocenters. The van der Waals surface area contributed by atoms with Crippen LogP contribution in [-0.2, 0) is 0 Å². The highest BCUT2D eigenvalue weighted by Crippen LogP contribution is 2.32. The molecule has 0 saturated carbocycles. The molecule has 0 spiro atoms. The van der Waals surface area contributed by atoms with Crippen molar-refractivity contribution >= 4 is 0 Å². The highest BCUT2D eigenvalue weighted by molar-refractivity contribution is 4.86. The second-order valence-electron chi connectivity index (χ2n) is 3.99. The van der Waals surface area contributed by atoms with Crippen molar-refractivity contribution in [3.8, 4) is 0 Å². The number of aliphatic hydroxyl groups is 1. The van der Waals surface area contributed by atoms with Crippen LogP contribution in [0.2, 0.25) is 0 Å². The monoisotopic (exact) mass is 193 g/mol. The molecule has 2 nitrogen and oxygen atoms in total. The lowest BCUT2D eigenvalue weighted by atomic mass is 10.0. The van der Waals surface area contributed by atoms with Crippen LogP contribution < -0.4 is 0 Å². The van der Waals surface area contributed by atoms with Gasteiger partial charge >= 0.3 is 0 Å². The summed E-state index contributed by atoms with van der Waals surface area (Å²) in [5.74, 6) is -3.57. The van der Waals surface area contributed by atoms with Gasteiger partial charge in [0.15, 0.2) is 0 Å². The van der Waals surface area contributed by atoms with Gasteiger partial charge < -0.3 is 10.0 Å². The molecule has 1 fully saturated rings. The molecule has 1 saturated heterocycles. The van der Waals surface area contributed by atoms with Gasteiger partial charge in [0, 0.05) is 18.5 Å². The standard InChI is InChI=1S/C9H17F2NO/c1-7(2)12-4-3-8(5-12)9(10,11)6-13/h7-8,13H,3-6H2,1-2H3. The van der Waals surface area contributed by atoms with E-state index in [1.807, 2.05) is 18.7 Å². The van der Waals surface area contributed by atoms with E-state index in [1.165, 1.54) is 0 Å². The van der Waals surface area contributed by atoms with Crippen molar-refractivity contribution in [2.75, 3.05) is 19.7 Å². The maximum Gasteiger partial charge on any atom is 0.274 e. The second-order valence-corrected chi connectivity index (χ2v) is 3.99. The Morgan fingerprint density at radius 1 is 1.54 bits per heavy atom. The minimum atomic E-state index is -2.90. The summed E-state index contributed by atoms with van der Waals surface area (Å²) in [5.41, 5.74) is 0. The summed E-state index contributed by atoms with van der Waals surface area (Å²) in [6.07, 6.45) is 0.492. The quantitative estimate of drug-likeness (QED) is 0.731. The van der Waals surface area contributed by atoms with Crippen molar-refractivity contribution in [3.05, 3.63) is 0 Å². The van der Waals surface area contributed by atoms with Crippen molar-refractivity contribution < 1.29 is 13.9 Å². The van der Waals surface area contributed by atoms with E-state index >= 15 is 0 Å². The van der Waals surface area contributed by atoms with Gasteiger partial charge in [-0.3, -0.25) is 0 Å². The van der Waals surface area contributed by atoms with Crippen LogP contribution in [0.1, 0.15) is 20.3 Å². The van der Waals surface area contributed by atoms with Gasteiger partial charge in [0.05, 0.1) is 0 Å². The molecule has 1 aliphatic heterocycles. The molecule has 0 aromatic heterocycles. The van der Waals surface area contributed by atoms with Crippen molar-refractivity contribution in [1.29, 1.82) is 0 Å². The van der Waals surface area contributed by atoms with Crippen LogP contribution in [0.4, 0.5) is 8.78 Å². The van der Waals surface area contributed by atoms with Crippen molar-refractivity contribution in [2.24, 2.45) is 5.92 Å². The summed E-state index contributed by atoms with van der Waals surface area (Å²) >= 11 is 0. The van der Waals surface area contributed by atoms with Crippen molar-refractivity contribution in [1.82, 2.24) is 4.90 Å². The Hall–Kier alpha value is -0.220. The Morgan fingerprint density at radius 3 is 2.54 bits per heavy atom. The third kappa shape index (κ3) is 2.38. The molecule has 1 atom stereocenters. The highest BCUT2D eigenvalue weighted by atomic mass is 19.3. The molecule has 4 heteroatoms. The van der Waals surface area contributed by atoms with Crippen LogP contribution in [0.15, 0.2) is 0 Å². The fourth-order valence-electron chi connectivity index (χ4n) is 1.73. The Balaban J connectivity index is 2.49. The molecule has 1 heterocycles. The average molecular weight is 193 g/mol. The van der Waals surface area contributed by atoms with E-state index in [-0.39, 0.29) is 0 Å². The van der Waals surface area contributed by atoms with Gasteiger partial charge in [-0.05, 0) is 26.8 Å². The highest BCUT2D eigenvalue weighted by Gasteiger charge is 2.42. The normalized spacial score (nSPS) is 25.8. The van der Waals surface area contributed by atoms with E-state index in [9.17, 15) is 8.78 Å². The average Bonchev–Trinajstić information content (AvgIpc) is 2.52. The van der Waals surface area contributed by atoms with Crippen LogP contribution in [0.5, 0.6) is 0 Å². The van der Waals surface area contributed by atoms with Crippen LogP contribution in [0.25, 0.3) is 0 Å². The van der Waals surface area contributed by atoms with E-state index in [2.05, 4.69) is 0 Å². The molecule has 0 aromatic rings. The van der Waals surface area contributed by atoms with Gasteiger partial charge in [-0.15, -0.1) is 0 Å². The molecule has 0 aliphatic carbocycles. The summed E-state index contributed by atoms with van der Waals surface area (Å²) in [7, 11) is 0. The maximum atomic E-state index is 13.0. The number of aliphatic hydroxyl groups excluding tert-OH is 1. The summed E-state index contributed by atoms with van der Waals surface area (Å²) in [6, 6.07) is 0.319. The Labute approximate surface area is 77.5 Å². The molecular weight excluding hydrogens is 176 g/mol. The summed E-state index contributed by atoms with van der Waals surface area (Å²) in [5, 5.41) is 8.51. The number of nitrogens with zero attached hydrogens (tertiary/aromatic N) is 1. The van der Waals surface area contributed by atoms with Crippen LogP contribution >= 0.6 is 0 Å². The molecule has 0 aromatic carbocycles. The molecule has 1 aliphatic rings. The molecule has 13 heavy (non-hydrogen) atoms. The molecule has 0 amide bonds. The lowest BCUT2D eigenvalue weighted by molar-refractivity contribution is -0.0941. The lowest BCUT2D eigenvalue weighted by Gasteiger charge is -2.23. The predicted octanol–water partition coefficient (Wildman–Crippen LogP) is 1.34. The summed E-state index contributed by atoms with van der Waals surface area (Å²) in [6.45, 7) is 4.10. The van der Waals surface area contributed by atoms with Gasteiger partial charge in [-0.25, -0.2) is 8.78 Å². The van der Waals surface area contributed by atoms with E-state index in [0.717, 1.165) is 6.54 Å². The lowest BCUT2D eigenvalue weighted by Crippen LogP contribution is -2.36. The number of hydrogen-bond acceptors (Lipinski definition) is 2. The zero-order chi connectivity index (χ0) is 10.1. The van der Waals surface area contributed by atoms with E-state index in [1.54, 1.807) is 0 Å². The van der Waals surface area contributed by atoms with Crippen LogP contribution in [-0.4, -0.2) is 41.7 Å². The number of likely N-dealkylation sites (tertiary alicyclic amines) is 1. The van der Waals surface area contributed by atoms with Crippen LogP contribution in [0.3, 0.4) is 0 Å². The van der Waals surface area contributed by atoms with Gasteiger partial charge in [0.2, 0.25) is 0 Å². The first-order chi connectivity index (χ1) is 5.97. The smallest absolute Gasteiger partial charge is 0.274 e. The van der Waals surface area contributed by atoms with Gasteiger partial charge in [-0.2, -0.15) is 0 Å². The molecule has 78 valence electrons. The molecule has 1 rings (SSSR count). The van der Waals surface area contributed by atoms with Gasteiger partial charge in [0.25, 0.3) is 5.92 Å². The van der Waals surface area contributed by atoms with Crippen LogP contribution in [0, 0.1) is 5.92 Å². The Kier molecular flexibility index (Phi) is 3.24. The van der Waals surface area contributed by atoms with E-state index in [4.69, 9.17) is 5.11 Å². The SMILES string of the molecule is CC(C)N1CCC(C(F)(F)CO)C1. The topological polar surface area (TPSA) is 23.5 Å². The van der Waals surface area contributed by atoms with Crippen molar-refractivity contribution in [2.45, 2.75) is 32.2 Å². The number of rotatable bonds is 3. The third-order valence-electron chi connectivity index (χ3n) is 2.76. The minimum absolute atomic E-state index is 0.319. The number of alkyl halides is 2.